The van der Waals surface area contributed by atoms with Gasteiger partial charge in [-0.1, -0.05) is 6.92 Å². The second kappa shape index (κ2) is 6.02. The fraction of sp³-hybridized carbons (Fsp3) is 0.733. The number of likely N-dealkylation sites (tertiary alicyclic amines) is 1. The molecule has 0 aliphatic carbocycles. The number of ether oxygens (including phenoxy) is 2. The minimum absolute atomic E-state index is 0.0607. The Morgan fingerprint density at radius 3 is 2.64 bits per heavy atom. The minimum Gasteiger partial charge on any atom is -0.461 e. The molecule has 22 heavy (non-hydrogen) atoms. The summed E-state index contributed by atoms with van der Waals surface area (Å²) in [6, 6.07) is 0. The average molecular weight is 328 g/mol. The molecule has 0 aromatic rings. The quantitative estimate of drug-likeness (QED) is 0.802. The molecule has 2 heterocycles. The molecular weight excluding hydrogens is 304 g/mol. The monoisotopic (exact) mass is 328 g/mol. The van der Waals surface area contributed by atoms with Gasteiger partial charge in [-0.15, -0.1) is 11.8 Å². The Balaban J connectivity index is 1.84. The molecule has 0 saturated carbocycles. The summed E-state index contributed by atoms with van der Waals surface area (Å²) in [5, 5.41) is 5.05. The van der Waals surface area contributed by atoms with E-state index in [9.17, 15) is 9.59 Å². The lowest BCUT2D eigenvalue weighted by atomic mass is 9.81. The number of hydrogen-bond acceptors (Lipinski definition) is 6. The van der Waals surface area contributed by atoms with Crippen molar-refractivity contribution in [1.29, 1.82) is 0 Å². The lowest BCUT2D eigenvalue weighted by Gasteiger charge is -2.50. The number of amides is 1. The van der Waals surface area contributed by atoms with Gasteiger partial charge in [0.05, 0.1) is 12.0 Å². The third-order valence-electron chi connectivity index (χ3n) is 3.49. The van der Waals surface area contributed by atoms with Crippen molar-refractivity contribution in [3.05, 3.63) is 11.1 Å². The first-order chi connectivity index (χ1) is 10.1. The molecule has 1 fully saturated rings. The molecular formula is C15H24N2O4S. The molecule has 1 unspecified atom stereocenters. The van der Waals surface area contributed by atoms with Gasteiger partial charge in [0.15, 0.2) is 0 Å². The Labute approximate surface area is 135 Å². The van der Waals surface area contributed by atoms with Crippen LogP contribution in [-0.2, 0) is 14.3 Å². The van der Waals surface area contributed by atoms with Crippen molar-refractivity contribution in [2.24, 2.45) is 5.41 Å². The molecule has 1 N–H and O–H groups in total. The summed E-state index contributed by atoms with van der Waals surface area (Å²) in [4.78, 5) is 25.4. The third kappa shape index (κ3) is 3.69. The predicted octanol–water partition coefficient (Wildman–Crippen LogP) is 2.31. The number of thioether (sulfide) groups is 1. The van der Waals surface area contributed by atoms with Gasteiger partial charge in [-0.25, -0.2) is 9.59 Å². The summed E-state index contributed by atoms with van der Waals surface area (Å²) >= 11 is 1.56. The van der Waals surface area contributed by atoms with E-state index in [-0.39, 0.29) is 22.9 Å². The smallest absolute Gasteiger partial charge is 0.410 e. The van der Waals surface area contributed by atoms with E-state index in [1.807, 2.05) is 20.8 Å². The maximum Gasteiger partial charge on any atom is 0.410 e. The van der Waals surface area contributed by atoms with E-state index >= 15 is 0 Å². The Bertz CT molecular complexity index is 492. The number of rotatable bonds is 3. The molecule has 7 heteroatoms. The molecule has 2 aliphatic heterocycles. The van der Waals surface area contributed by atoms with Crippen molar-refractivity contribution in [1.82, 2.24) is 10.2 Å². The Morgan fingerprint density at radius 2 is 2.09 bits per heavy atom. The summed E-state index contributed by atoms with van der Waals surface area (Å²) in [6.07, 6.45) is -0.286. The molecule has 1 amide bonds. The van der Waals surface area contributed by atoms with Crippen molar-refractivity contribution < 1.29 is 19.1 Å². The van der Waals surface area contributed by atoms with Gasteiger partial charge in [0.2, 0.25) is 0 Å². The summed E-state index contributed by atoms with van der Waals surface area (Å²) in [7, 11) is 0. The summed E-state index contributed by atoms with van der Waals surface area (Å²) in [6.45, 7) is 11.0. The molecule has 0 bridgehead atoms. The average Bonchev–Trinajstić information content (AvgIpc) is 2.83. The van der Waals surface area contributed by atoms with Crippen LogP contribution in [0.15, 0.2) is 11.1 Å². The van der Waals surface area contributed by atoms with Crippen LogP contribution in [0.3, 0.4) is 0 Å². The van der Waals surface area contributed by atoms with Gasteiger partial charge < -0.3 is 19.7 Å². The number of hydrogen-bond donors (Lipinski definition) is 1. The normalized spacial score (nSPS) is 23.2. The SMILES string of the molecule is CCOC(=O)C1=CSC(C2(C)CN(C(=O)OC(C)(C)C)C2)N1. The van der Waals surface area contributed by atoms with Crippen molar-refractivity contribution in [3.8, 4) is 0 Å². The van der Waals surface area contributed by atoms with E-state index in [1.54, 1.807) is 29.0 Å². The highest BCUT2D eigenvalue weighted by molar-refractivity contribution is 8.03. The number of nitrogens with one attached hydrogen (secondary N) is 1. The van der Waals surface area contributed by atoms with Gasteiger partial charge in [0, 0.05) is 23.9 Å². The minimum atomic E-state index is -0.484. The highest BCUT2D eigenvalue weighted by Gasteiger charge is 2.50. The Hall–Kier alpha value is -1.37. The van der Waals surface area contributed by atoms with Crippen LogP contribution in [-0.4, -0.2) is 47.6 Å². The summed E-state index contributed by atoms with van der Waals surface area (Å²) < 4.78 is 10.3. The molecule has 2 aliphatic rings. The first-order valence-electron chi connectivity index (χ1n) is 7.42. The molecule has 0 spiro atoms. The van der Waals surface area contributed by atoms with Crippen LogP contribution in [0.1, 0.15) is 34.6 Å². The van der Waals surface area contributed by atoms with Gasteiger partial charge in [-0.3, -0.25) is 0 Å². The molecule has 2 rings (SSSR count). The van der Waals surface area contributed by atoms with Crippen molar-refractivity contribution in [2.75, 3.05) is 19.7 Å². The van der Waals surface area contributed by atoms with E-state index in [2.05, 4.69) is 12.2 Å². The zero-order valence-corrected chi connectivity index (χ0v) is 14.6. The van der Waals surface area contributed by atoms with E-state index in [0.717, 1.165) is 0 Å². The lowest BCUT2D eigenvalue weighted by molar-refractivity contribution is -0.139. The highest BCUT2D eigenvalue weighted by Crippen LogP contribution is 2.42. The summed E-state index contributed by atoms with van der Waals surface area (Å²) in [5.41, 5.74) is -0.0808. The predicted molar refractivity (Wildman–Crippen MR) is 85.1 cm³/mol. The van der Waals surface area contributed by atoms with Crippen LogP contribution in [0.5, 0.6) is 0 Å². The first kappa shape index (κ1) is 17.0. The van der Waals surface area contributed by atoms with Crippen molar-refractivity contribution >= 4 is 23.8 Å². The van der Waals surface area contributed by atoms with Crippen molar-refractivity contribution in [3.63, 3.8) is 0 Å². The number of esters is 1. The largest absolute Gasteiger partial charge is 0.461 e. The number of nitrogens with zero attached hydrogens (tertiary/aromatic N) is 1. The third-order valence-corrected chi connectivity index (χ3v) is 4.82. The second-order valence-corrected chi connectivity index (χ2v) is 7.88. The molecule has 0 aromatic heterocycles. The van der Waals surface area contributed by atoms with Gasteiger partial charge >= 0.3 is 12.1 Å². The van der Waals surface area contributed by atoms with Gasteiger partial charge in [0.1, 0.15) is 11.3 Å². The van der Waals surface area contributed by atoms with Crippen LogP contribution in [0.2, 0.25) is 0 Å². The molecule has 124 valence electrons. The standard InChI is InChI=1S/C15H24N2O4S/c1-6-20-11(18)10-7-22-12(16-10)15(5)8-17(9-15)13(19)21-14(2,3)4/h7,12,16H,6,8-9H2,1-5H3. The molecule has 1 saturated heterocycles. The van der Waals surface area contributed by atoms with Gasteiger partial charge in [0.25, 0.3) is 0 Å². The molecule has 1 atom stereocenters. The van der Waals surface area contributed by atoms with E-state index in [0.29, 0.717) is 25.4 Å². The van der Waals surface area contributed by atoms with Crippen LogP contribution in [0, 0.1) is 5.41 Å². The fourth-order valence-corrected chi connectivity index (χ4v) is 3.56. The van der Waals surface area contributed by atoms with E-state index in [4.69, 9.17) is 9.47 Å². The molecule has 0 aromatic carbocycles. The molecule has 6 nitrogen and oxygen atoms in total. The van der Waals surface area contributed by atoms with Gasteiger partial charge in [-0.05, 0) is 27.7 Å². The first-order valence-corrected chi connectivity index (χ1v) is 8.36. The van der Waals surface area contributed by atoms with Crippen LogP contribution < -0.4 is 5.32 Å². The zero-order valence-electron chi connectivity index (χ0n) is 13.8. The van der Waals surface area contributed by atoms with Crippen molar-refractivity contribution in [2.45, 2.75) is 45.6 Å². The maximum atomic E-state index is 12.0. The van der Waals surface area contributed by atoms with Crippen LogP contribution in [0.4, 0.5) is 4.79 Å². The summed E-state index contributed by atoms with van der Waals surface area (Å²) in [5.74, 6) is -0.329. The zero-order chi connectivity index (χ0) is 16.5. The number of carbonyl (C=O) groups is 2. The van der Waals surface area contributed by atoms with Gasteiger partial charge in [-0.2, -0.15) is 0 Å². The Morgan fingerprint density at radius 1 is 1.45 bits per heavy atom. The topological polar surface area (TPSA) is 67.9 Å². The lowest BCUT2D eigenvalue weighted by Crippen LogP contribution is -2.63. The maximum absolute atomic E-state index is 12.0. The van der Waals surface area contributed by atoms with E-state index < -0.39 is 5.60 Å². The number of carbonyl (C=O) groups excluding carboxylic acids is 2. The highest BCUT2D eigenvalue weighted by atomic mass is 32.2. The Kier molecular flexibility index (Phi) is 4.65. The van der Waals surface area contributed by atoms with E-state index in [1.165, 1.54) is 0 Å². The fourth-order valence-electron chi connectivity index (χ4n) is 2.45. The molecule has 0 radical (unpaired) electrons. The van der Waals surface area contributed by atoms with Crippen LogP contribution in [0.25, 0.3) is 0 Å². The second-order valence-electron chi connectivity index (χ2n) is 6.90. The van der Waals surface area contributed by atoms with Crippen LogP contribution >= 0.6 is 11.8 Å².